The molecule has 2 rings (SSSR count). The molecule has 1 fully saturated rings. The molecule has 0 saturated carbocycles. The molecule has 1 aliphatic heterocycles. The first-order chi connectivity index (χ1) is 9.44. The minimum atomic E-state index is -3.64. The molecular weight excluding hydrogens is 278 g/mol. The van der Waals surface area contributed by atoms with Crippen LogP contribution in [0.25, 0.3) is 0 Å². The highest BCUT2D eigenvalue weighted by Crippen LogP contribution is 2.19. The summed E-state index contributed by atoms with van der Waals surface area (Å²) in [4.78, 5) is 13.8. The van der Waals surface area contributed by atoms with E-state index in [0.717, 1.165) is 0 Å². The van der Waals surface area contributed by atoms with Crippen LogP contribution in [0, 0.1) is 0 Å². The number of carbonyl (C=O) groups is 1. The molecular formula is C13H19N3O3S. The average molecular weight is 297 g/mol. The van der Waals surface area contributed by atoms with Crippen molar-refractivity contribution < 1.29 is 13.2 Å². The number of nitrogens with zero attached hydrogens (tertiary/aromatic N) is 2. The van der Waals surface area contributed by atoms with Crippen molar-refractivity contribution in [2.75, 3.05) is 33.7 Å². The van der Waals surface area contributed by atoms with E-state index in [1.165, 1.54) is 9.21 Å². The van der Waals surface area contributed by atoms with Crippen LogP contribution in [-0.2, 0) is 14.8 Å². The largest absolute Gasteiger partial charge is 0.347 e. The van der Waals surface area contributed by atoms with Crippen molar-refractivity contribution in [1.82, 2.24) is 14.5 Å². The predicted octanol–water partition coefficient (Wildman–Crippen LogP) is -0.263. The van der Waals surface area contributed by atoms with Crippen LogP contribution in [0.2, 0.25) is 0 Å². The van der Waals surface area contributed by atoms with Gasteiger partial charge < -0.3 is 10.2 Å². The molecule has 1 amide bonds. The quantitative estimate of drug-likeness (QED) is 0.834. The van der Waals surface area contributed by atoms with Gasteiger partial charge in [-0.15, -0.1) is 0 Å². The second-order valence-electron chi connectivity index (χ2n) is 4.88. The van der Waals surface area contributed by atoms with Crippen molar-refractivity contribution >= 4 is 15.9 Å². The molecule has 0 aliphatic carbocycles. The number of benzene rings is 1. The Morgan fingerprint density at radius 2 is 1.95 bits per heavy atom. The lowest BCUT2D eigenvalue weighted by Gasteiger charge is -2.35. The number of carbonyl (C=O) groups excluding carboxylic acids is 1. The summed E-state index contributed by atoms with van der Waals surface area (Å²) in [6.45, 7) is 1.17. The van der Waals surface area contributed by atoms with Gasteiger partial charge >= 0.3 is 0 Å². The highest BCUT2D eigenvalue weighted by molar-refractivity contribution is 7.89. The molecule has 0 aromatic heterocycles. The fourth-order valence-electron chi connectivity index (χ4n) is 2.21. The zero-order valence-electron chi connectivity index (χ0n) is 11.6. The van der Waals surface area contributed by atoms with Gasteiger partial charge in [-0.2, -0.15) is 4.31 Å². The molecule has 0 radical (unpaired) electrons. The number of piperazine rings is 1. The van der Waals surface area contributed by atoms with E-state index in [2.05, 4.69) is 5.32 Å². The molecule has 0 bridgehead atoms. The van der Waals surface area contributed by atoms with Crippen LogP contribution in [0.4, 0.5) is 0 Å². The van der Waals surface area contributed by atoms with E-state index >= 15 is 0 Å². The summed E-state index contributed by atoms with van der Waals surface area (Å²) in [6.07, 6.45) is 0. The van der Waals surface area contributed by atoms with Gasteiger partial charge in [0, 0.05) is 33.7 Å². The van der Waals surface area contributed by atoms with Gasteiger partial charge in [-0.05, 0) is 12.1 Å². The first-order valence-electron chi connectivity index (χ1n) is 6.43. The summed E-state index contributed by atoms with van der Waals surface area (Å²) in [6, 6.07) is 7.53. The van der Waals surface area contributed by atoms with Gasteiger partial charge in [-0.25, -0.2) is 8.42 Å². The lowest BCUT2D eigenvalue weighted by Crippen LogP contribution is -2.59. The van der Waals surface area contributed by atoms with Crippen LogP contribution >= 0.6 is 0 Å². The van der Waals surface area contributed by atoms with E-state index < -0.39 is 16.1 Å². The summed E-state index contributed by atoms with van der Waals surface area (Å²) in [5, 5.41) is 3.07. The molecule has 110 valence electrons. The zero-order valence-corrected chi connectivity index (χ0v) is 12.4. The van der Waals surface area contributed by atoms with Gasteiger partial charge in [0.2, 0.25) is 15.9 Å². The maximum Gasteiger partial charge on any atom is 0.243 e. The van der Waals surface area contributed by atoms with Gasteiger partial charge in [-0.1, -0.05) is 18.2 Å². The third-order valence-corrected chi connectivity index (χ3v) is 5.19. The Balaban J connectivity index is 2.35. The molecule has 1 aromatic carbocycles. The Kier molecular flexibility index (Phi) is 4.42. The Hall–Kier alpha value is -1.44. The fraction of sp³-hybridized carbons (Fsp3) is 0.462. The van der Waals surface area contributed by atoms with Gasteiger partial charge in [0.05, 0.1) is 4.90 Å². The standard InChI is InChI=1S/C13H19N3O3S/c1-15(2)13(17)12-10-14-8-9-16(12)20(18,19)11-6-4-3-5-7-11/h3-7,12,14H,8-10H2,1-2H3. The van der Waals surface area contributed by atoms with Crippen LogP contribution in [0.1, 0.15) is 0 Å². The molecule has 20 heavy (non-hydrogen) atoms. The number of rotatable bonds is 3. The van der Waals surface area contributed by atoms with Crippen LogP contribution in [0.5, 0.6) is 0 Å². The van der Waals surface area contributed by atoms with Crippen molar-refractivity contribution in [1.29, 1.82) is 0 Å². The molecule has 1 aliphatic rings. The fourth-order valence-corrected chi connectivity index (χ4v) is 3.81. The van der Waals surface area contributed by atoms with E-state index in [1.807, 2.05) is 0 Å². The number of hydrogen-bond acceptors (Lipinski definition) is 4. The van der Waals surface area contributed by atoms with Crippen molar-refractivity contribution in [3.8, 4) is 0 Å². The number of hydrogen-bond donors (Lipinski definition) is 1. The Bertz CT molecular complexity index is 572. The van der Waals surface area contributed by atoms with E-state index in [9.17, 15) is 13.2 Å². The number of amides is 1. The molecule has 6 nitrogen and oxygen atoms in total. The van der Waals surface area contributed by atoms with E-state index in [0.29, 0.717) is 19.6 Å². The van der Waals surface area contributed by atoms with Crippen LogP contribution < -0.4 is 5.32 Å². The van der Waals surface area contributed by atoms with E-state index in [1.54, 1.807) is 44.4 Å². The van der Waals surface area contributed by atoms with Crippen LogP contribution in [0.3, 0.4) is 0 Å². The first kappa shape index (κ1) is 15.0. The molecule has 1 N–H and O–H groups in total. The maximum absolute atomic E-state index is 12.7. The molecule has 7 heteroatoms. The minimum absolute atomic E-state index is 0.211. The second kappa shape index (κ2) is 5.90. The van der Waals surface area contributed by atoms with Crippen molar-refractivity contribution in [2.45, 2.75) is 10.9 Å². The average Bonchev–Trinajstić information content (AvgIpc) is 2.47. The Morgan fingerprint density at radius 1 is 1.30 bits per heavy atom. The Labute approximate surface area is 119 Å². The normalized spacial score (nSPS) is 20.6. The topological polar surface area (TPSA) is 69.7 Å². The zero-order chi connectivity index (χ0) is 14.8. The third kappa shape index (κ3) is 2.84. The molecule has 1 heterocycles. The van der Waals surface area contributed by atoms with Gasteiger partial charge in [0.15, 0.2) is 0 Å². The van der Waals surface area contributed by atoms with Crippen molar-refractivity contribution in [3.63, 3.8) is 0 Å². The number of sulfonamides is 1. The van der Waals surface area contributed by atoms with E-state index in [-0.39, 0.29) is 10.8 Å². The first-order valence-corrected chi connectivity index (χ1v) is 7.87. The van der Waals surface area contributed by atoms with Crippen molar-refractivity contribution in [2.24, 2.45) is 0 Å². The monoisotopic (exact) mass is 297 g/mol. The summed E-state index contributed by atoms with van der Waals surface area (Å²) in [5.74, 6) is -0.211. The summed E-state index contributed by atoms with van der Waals surface area (Å²) in [7, 11) is -0.385. The van der Waals surface area contributed by atoms with Gasteiger partial charge in [0.1, 0.15) is 6.04 Å². The van der Waals surface area contributed by atoms with Crippen molar-refractivity contribution in [3.05, 3.63) is 30.3 Å². The molecule has 1 unspecified atom stereocenters. The predicted molar refractivity (Wildman–Crippen MR) is 75.7 cm³/mol. The number of nitrogens with one attached hydrogen (secondary N) is 1. The lowest BCUT2D eigenvalue weighted by molar-refractivity contribution is -0.133. The van der Waals surface area contributed by atoms with Crippen LogP contribution in [0.15, 0.2) is 35.2 Å². The second-order valence-corrected chi connectivity index (χ2v) is 6.77. The summed E-state index contributed by atoms with van der Waals surface area (Å²) >= 11 is 0. The third-order valence-electron chi connectivity index (χ3n) is 3.27. The summed E-state index contributed by atoms with van der Waals surface area (Å²) < 4.78 is 26.6. The molecule has 0 spiro atoms. The van der Waals surface area contributed by atoms with Gasteiger partial charge in [-0.3, -0.25) is 4.79 Å². The molecule has 1 saturated heterocycles. The smallest absolute Gasteiger partial charge is 0.243 e. The highest BCUT2D eigenvalue weighted by Gasteiger charge is 2.38. The summed E-state index contributed by atoms with van der Waals surface area (Å²) in [5.41, 5.74) is 0. The molecule has 1 aromatic rings. The highest BCUT2D eigenvalue weighted by atomic mass is 32.2. The van der Waals surface area contributed by atoms with Gasteiger partial charge in [0.25, 0.3) is 0 Å². The van der Waals surface area contributed by atoms with Crippen LogP contribution in [-0.4, -0.2) is 63.3 Å². The number of likely N-dealkylation sites (N-methyl/N-ethyl adjacent to an activating group) is 1. The lowest BCUT2D eigenvalue weighted by atomic mass is 10.2. The van der Waals surface area contributed by atoms with E-state index in [4.69, 9.17) is 0 Å². The minimum Gasteiger partial charge on any atom is -0.347 e. The maximum atomic E-state index is 12.7. The SMILES string of the molecule is CN(C)C(=O)C1CNCCN1S(=O)(=O)c1ccccc1. The molecule has 1 atom stereocenters. The Morgan fingerprint density at radius 3 is 2.55 bits per heavy atom.